The summed E-state index contributed by atoms with van der Waals surface area (Å²) in [7, 11) is 0. The Morgan fingerprint density at radius 1 is 1.03 bits per heavy atom. The first-order valence-electron chi connectivity index (χ1n) is 12.1. The molecule has 0 radical (unpaired) electrons. The Bertz CT molecular complexity index is 1170. The molecule has 0 aliphatic carbocycles. The largest absolute Gasteiger partial charge is 0.468 e. The lowest BCUT2D eigenvalue weighted by Crippen LogP contribution is -2.32. The minimum absolute atomic E-state index is 0.308. The first-order valence-corrected chi connectivity index (χ1v) is 12.1. The van der Waals surface area contributed by atoms with Crippen LogP contribution in [0.5, 0.6) is 11.6 Å². The number of furan rings is 1. The summed E-state index contributed by atoms with van der Waals surface area (Å²) in [5.74, 6) is 1.78. The molecular formula is C28H32FN3O3. The molecule has 2 aromatic heterocycles. The highest BCUT2D eigenvalue weighted by Gasteiger charge is 2.24. The van der Waals surface area contributed by atoms with Gasteiger partial charge in [-0.2, -0.15) is 5.10 Å². The fourth-order valence-electron chi connectivity index (χ4n) is 4.14. The number of aliphatic hydroxyl groups excluding tert-OH is 1. The van der Waals surface area contributed by atoms with Crippen molar-refractivity contribution in [2.45, 2.75) is 52.3 Å². The van der Waals surface area contributed by atoms with Gasteiger partial charge in [-0.15, -0.1) is 0 Å². The van der Waals surface area contributed by atoms with Crippen molar-refractivity contribution in [1.82, 2.24) is 14.7 Å². The van der Waals surface area contributed by atoms with Gasteiger partial charge in [-0.1, -0.05) is 38.5 Å². The third kappa shape index (κ3) is 6.38. The van der Waals surface area contributed by atoms with Crippen molar-refractivity contribution in [3.63, 3.8) is 0 Å². The van der Waals surface area contributed by atoms with Crippen LogP contribution in [-0.4, -0.2) is 32.4 Å². The molecule has 7 heteroatoms. The number of nitrogens with zero attached hydrogens (tertiary/aromatic N) is 3. The van der Waals surface area contributed by atoms with Crippen LogP contribution < -0.4 is 4.74 Å². The summed E-state index contributed by atoms with van der Waals surface area (Å²) in [4.78, 5) is 2.15. The van der Waals surface area contributed by atoms with Crippen LogP contribution >= 0.6 is 0 Å². The van der Waals surface area contributed by atoms with E-state index in [0.717, 1.165) is 29.9 Å². The van der Waals surface area contributed by atoms with E-state index in [2.05, 4.69) is 18.7 Å². The number of rotatable bonds is 12. The molecule has 1 N–H and O–H groups in total. The lowest BCUT2D eigenvalue weighted by molar-refractivity contribution is 0.0926. The van der Waals surface area contributed by atoms with E-state index in [1.807, 2.05) is 42.5 Å². The number of hydrogen-bond donors (Lipinski definition) is 1. The molecule has 0 saturated heterocycles. The molecule has 0 amide bonds. The summed E-state index contributed by atoms with van der Waals surface area (Å²) in [6, 6.07) is 19.6. The number of para-hydroxylation sites is 1. The number of ether oxygens (including phenoxy) is 1. The molecule has 0 fully saturated rings. The van der Waals surface area contributed by atoms with Gasteiger partial charge in [0.1, 0.15) is 17.3 Å². The summed E-state index contributed by atoms with van der Waals surface area (Å²) >= 11 is 0. The molecular weight excluding hydrogens is 445 g/mol. The van der Waals surface area contributed by atoms with E-state index in [9.17, 15) is 9.50 Å². The van der Waals surface area contributed by atoms with Crippen molar-refractivity contribution >= 4 is 0 Å². The molecule has 0 spiro atoms. The molecule has 184 valence electrons. The van der Waals surface area contributed by atoms with Crippen LogP contribution in [0.2, 0.25) is 0 Å². The molecule has 2 aromatic carbocycles. The number of halogens is 1. The second-order valence-corrected chi connectivity index (χ2v) is 8.58. The van der Waals surface area contributed by atoms with E-state index >= 15 is 0 Å². The van der Waals surface area contributed by atoms with Crippen molar-refractivity contribution in [2.75, 3.05) is 6.54 Å². The highest BCUT2D eigenvalue weighted by Crippen LogP contribution is 2.32. The smallest absolute Gasteiger partial charge is 0.227 e. The molecule has 0 saturated carbocycles. The van der Waals surface area contributed by atoms with Gasteiger partial charge in [0.2, 0.25) is 5.88 Å². The van der Waals surface area contributed by atoms with Gasteiger partial charge in [0.25, 0.3) is 0 Å². The average Bonchev–Trinajstić information content (AvgIpc) is 3.49. The third-order valence-corrected chi connectivity index (χ3v) is 5.82. The van der Waals surface area contributed by atoms with Crippen LogP contribution in [0.1, 0.15) is 43.7 Å². The Morgan fingerprint density at radius 2 is 1.80 bits per heavy atom. The number of aromatic nitrogens is 2. The molecule has 0 unspecified atom stereocenters. The number of benzene rings is 2. The summed E-state index contributed by atoms with van der Waals surface area (Å²) in [6.07, 6.45) is 3.52. The van der Waals surface area contributed by atoms with Crippen molar-refractivity contribution in [3.05, 3.63) is 95.8 Å². The van der Waals surface area contributed by atoms with E-state index in [4.69, 9.17) is 14.3 Å². The third-order valence-electron chi connectivity index (χ3n) is 5.82. The summed E-state index contributed by atoms with van der Waals surface area (Å²) in [6.45, 7) is 5.66. The topological polar surface area (TPSA) is 63.7 Å². The van der Waals surface area contributed by atoms with Gasteiger partial charge >= 0.3 is 0 Å². The monoisotopic (exact) mass is 477 g/mol. The van der Waals surface area contributed by atoms with Gasteiger partial charge in [-0.3, -0.25) is 4.90 Å². The van der Waals surface area contributed by atoms with Crippen molar-refractivity contribution in [3.8, 4) is 17.3 Å². The predicted octanol–water partition coefficient (Wildman–Crippen LogP) is 6.12. The maximum atomic E-state index is 13.6. The molecule has 4 rings (SSSR count). The lowest BCUT2D eigenvalue weighted by atomic mass is 10.1. The highest BCUT2D eigenvalue weighted by atomic mass is 19.1. The van der Waals surface area contributed by atoms with Crippen LogP contribution in [0.25, 0.3) is 5.69 Å². The van der Waals surface area contributed by atoms with E-state index < -0.39 is 6.10 Å². The molecule has 2 heterocycles. The zero-order valence-electron chi connectivity index (χ0n) is 20.2. The molecule has 6 nitrogen and oxygen atoms in total. The molecule has 1 atom stereocenters. The number of aryl methyl sites for hydroxylation is 1. The van der Waals surface area contributed by atoms with E-state index in [-0.39, 0.29) is 5.82 Å². The Hall–Kier alpha value is -3.42. The normalized spacial score (nSPS) is 12.3. The first kappa shape index (κ1) is 24.7. The van der Waals surface area contributed by atoms with Crippen molar-refractivity contribution in [2.24, 2.45) is 0 Å². The van der Waals surface area contributed by atoms with E-state index in [1.165, 1.54) is 12.1 Å². The first-order chi connectivity index (χ1) is 17.1. The Morgan fingerprint density at radius 3 is 2.46 bits per heavy atom. The summed E-state index contributed by atoms with van der Waals surface area (Å²) < 4.78 is 27.4. The minimum atomic E-state index is -0.453. The van der Waals surface area contributed by atoms with Gasteiger partial charge in [0.05, 0.1) is 35.9 Å². The van der Waals surface area contributed by atoms with Gasteiger partial charge in [-0.05, 0) is 61.4 Å². The zero-order valence-corrected chi connectivity index (χ0v) is 20.2. The van der Waals surface area contributed by atoms with Crippen LogP contribution in [0.3, 0.4) is 0 Å². The summed E-state index contributed by atoms with van der Waals surface area (Å²) in [5, 5.41) is 15.5. The van der Waals surface area contributed by atoms with Gasteiger partial charge in [0, 0.05) is 13.1 Å². The van der Waals surface area contributed by atoms with E-state index in [1.54, 1.807) is 23.1 Å². The standard InChI is InChI=1S/C28H32FN3O3/c1-3-9-23(33)18-31(19-25-12-8-17-34-25)20-26-27(4-2)30-32(22-15-13-21(29)14-16-22)28(26)35-24-10-6-5-7-11-24/h5-8,10-17,23,33H,3-4,9,18-20H2,1-2H3/t23-/m0/s1. The van der Waals surface area contributed by atoms with Crippen LogP contribution in [0.4, 0.5) is 4.39 Å². The van der Waals surface area contributed by atoms with Crippen LogP contribution in [0.15, 0.2) is 77.4 Å². The second-order valence-electron chi connectivity index (χ2n) is 8.58. The van der Waals surface area contributed by atoms with Crippen molar-refractivity contribution in [1.29, 1.82) is 0 Å². The average molecular weight is 478 g/mol. The van der Waals surface area contributed by atoms with Crippen molar-refractivity contribution < 1.29 is 18.7 Å². The minimum Gasteiger partial charge on any atom is -0.468 e. The fraction of sp³-hybridized carbons (Fsp3) is 0.321. The van der Waals surface area contributed by atoms with Gasteiger partial charge < -0.3 is 14.3 Å². The molecule has 0 bridgehead atoms. The maximum absolute atomic E-state index is 13.6. The second kappa shape index (κ2) is 11.8. The molecule has 0 aliphatic rings. The molecule has 35 heavy (non-hydrogen) atoms. The highest BCUT2D eigenvalue weighted by molar-refractivity contribution is 5.44. The molecule has 4 aromatic rings. The van der Waals surface area contributed by atoms with Crippen LogP contribution in [-0.2, 0) is 19.5 Å². The van der Waals surface area contributed by atoms with E-state index in [0.29, 0.717) is 43.4 Å². The molecule has 0 aliphatic heterocycles. The summed E-state index contributed by atoms with van der Waals surface area (Å²) in [5.41, 5.74) is 2.52. The lowest BCUT2D eigenvalue weighted by Gasteiger charge is -2.24. The Labute approximate surface area is 205 Å². The van der Waals surface area contributed by atoms with Gasteiger partial charge in [-0.25, -0.2) is 9.07 Å². The Kier molecular flexibility index (Phi) is 8.34. The predicted molar refractivity (Wildman–Crippen MR) is 133 cm³/mol. The van der Waals surface area contributed by atoms with Gasteiger partial charge in [0.15, 0.2) is 0 Å². The van der Waals surface area contributed by atoms with Crippen LogP contribution in [0, 0.1) is 5.82 Å². The fourth-order valence-corrected chi connectivity index (χ4v) is 4.14. The zero-order chi connectivity index (χ0) is 24.6. The SMILES string of the molecule is CCC[C@H](O)CN(Cc1ccco1)Cc1c(CC)nn(-c2ccc(F)cc2)c1Oc1ccccc1. The number of hydrogen-bond acceptors (Lipinski definition) is 5. The quantitative estimate of drug-likeness (QED) is 0.266. The maximum Gasteiger partial charge on any atom is 0.227 e. The number of aliphatic hydroxyl groups is 1. The Balaban J connectivity index is 1.74.